The molecule has 2 rings (SSSR count). The summed E-state index contributed by atoms with van der Waals surface area (Å²) >= 11 is 0. The molecule has 0 saturated heterocycles. The van der Waals surface area contributed by atoms with Crippen LogP contribution in [-0.2, 0) is 12.6 Å². The van der Waals surface area contributed by atoms with Crippen molar-refractivity contribution in [3.05, 3.63) is 53.7 Å². The maximum atomic E-state index is 12.6. The molecule has 0 atom stereocenters. The first-order chi connectivity index (χ1) is 8.52. The van der Waals surface area contributed by atoms with Crippen LogP contribution in [0, 0.1) is 0 Å². The third-order valence-electron chi connectivity index (χ3n) is 2.75. The van der Waals surface area contributed by atoms with E-state index in [-0.39, 0.29) is 0 Å². The Labute approximate surface area is 103 Å². The Balaban J connectivity index is 2.51. The minimum absolute atomic E-state index is 0.538. The smallest absolute Gasteiger partial charge is 0.256 e. The van der Waals surface area contributed by atoms with Gasteiger partial charge in [0.25, 0.3) is 0 Å². The van der Waals surface area contributed by atoms with Crippen molar-refractivity contribution in [2.24, 2.45) is 0 Å². The molecular formula is C14H12F3N. The summed E-state index contributed by atoms with van der Waals surface area (Å²) in [6, 6.07) is 9.18. The normalized spacial score (nSPS) is 11.6. The monoisotopic (exact) mass is 251 g/mol. The van der Waals surface area contributed by atoms with Crippen LogP contribution in [0.4, 0.5) is 13.2 Å². The summed E-state index contributed by atoms with van der Waals surface area (Å²) in [7, 11) is 0. The number of hydrogen-bond acceptors (Lipinski definition) is 1. The predicted octanol–water partition coefficient (Wildman–Crippen LogP) is 4.33. The molecule has 1 heterocycles. The molecular weight excluding hydrogens is 239 g/mol. The van der Waals surface area contributed by atoms with Crippen molar-refractivity contribution in [3.63, 3.8) is 0 Å². The molecule has 0 aliphatic carbocycles. The minimum atomic E-state index is -4.30. The lowest BCUT2D eigenvalue weighted by Crippen LogP contribution is -2.06. The molecule has 0 bridgehead atoms. The lowest BCUT2D eigenvalue weighted by atomic mass is 9.99. The van der Waals surface area contributed by atoms with Crippen LogP contribution >= 0.6 is 0 Å². The van der Waals surface area contributed by atoms with Gasteiger partial charge in [-0.1, -0.05) is 19.1 Å². The summed E-state index contributed by atoms with van der Waals surface area (Å²) in [5.74, 6) is 0. The number of hydrogen-bond donors (Lipinski definition) is 0. The first kappa shape index (κ1) is 12.6. The van der Waals surface area contributed by atoms with Gasteiger partial charge in [0.1, 0.15) is 0 Å². The van der Waals surface area contributed by atoms with Crippen molar-refractivity contribution in [1.29, 1.82) is 0 Å². The van der Waals surface area contributed by atoms with E-state index in [2.05, 4.69) is 4.98 Å². The molecule has 0 fully saturated rings. The quantitative estimate of drug-likeness (QED) is 0.774. The standard InChI is InChI=1S/C14H12F3N/c1-2-10-9-11(14(15,16)17)6-7-12(10)13-5-3-4-8-18-13/h3-9H,2H2,1H3. The van der Waals surface area contributed by atoms with E-state index < -0.39 is 11.7 Å². The van der Waals surface area contributed by atoms with Crippen LogP contribution in [-0.4, -0.2) is 4.98 Å². The van der Waals surface area contributed by atoms with E-state index in [0.717, 1.165) is 11.6 Å². The molecule has 0 unspecified atom stereocenters. The van der Waals surface area contributed by atoms with Gasteiger partial charge in [-0.3, -0.25) is 4.98 Å². The molecule has 4 heteroatoms. The van der Waals surface area contributed by atoms with Gasteiger partial charge in [-0.25, -0.2) is 0 Å². The fraction of sp³-hybridized carbons (Fsp3) is 0.214. The Morgan fingerprint density at radius 2 is 1.89 bits per heavy atom. The number of rotatable bonds is 2. The average Bonchev–Trinajstić information content (AvgIpc) is 2.38. The SMILES string of the molecule is CCc1cc(C(F)(F)F)ccc1-c1ccccn1. The van der Waals surface area contributed by atoms with Gasteiger partial charge in [0.15, 0.2) is 0 Å². The van der Waals surface area contributed by atoms with Crippen LogP contribution in [0.1, 0.15) is 18.1 Å². The van der Waals surface area contributed by atoms with Crippen LogP contribution in [0.2, 0.25) is 0 Å². The highest BCUT2D eigenvalue weighted by Gasteiger charge is 2.30. The van der Waals surface area contributed by atoms with Gasteiger partial charge < -0.3 is 0 Å². The molecule has 18 heavy (non-hydrogen) atoms. The first-order valence-electron chi connectivity index (χ1n) is 5.64. The first-order valence-corrected chi connectivity index (χ1v) is 5.64. The zero-order valence-corrected chi connectivity index (χ0v) is 9.83. The van der Waals surface area contributed by atoms with Gasteiger partial charge in [-0.15, -0.1) is 0 Å². The Hall–Kier alpha value is -1.84. The fourth-order valence-corrected chi connectivity index (χ4v) is 1.83. The maximum Gasteiger partial charge on any atom is 0.416 e. The molecule has 1 aromatic carbocycles. The van der Waals surface area contributed by atoms with E-state index in [4.69, 9.17) is 0 Å². The molecule has 0 saturated carbocycles. The molecule has 2 aromatic rings. The third-order valence-corrected chi connectivity index (χ3v) is 2.75. The zero-order valence-electron chi connectivity index (χ0n) is 9.83. The Morgan fingerprint density at radius 1 is 1.11 bits per heavy atom. The van der Waals surface area contributed by atoms with Crippen molar-refractivity contribution < 1.29 is 13.2 Å². The van der Waals surface area contributed by atoms with Crippen molar-refractivity contribution in [2.75, 3.05) is 0 Å². The summed E-state index contributed by atoms with van der Waals surface area (Å²) in [4.78, 5) is 4.17. The van der Waals surface area contributed by atoms with Crippen molar-refractivity contribution in [1.82, 2.24) is 4.98 Å². The minimum Gasteiger partial charge on any atom is -0.256 e. The average molecular weight is 251 g/mol. The topological polar surface area (TPSA) is 12.9 Å². The van der Waals surface area contributed by atoms with Crippen LogP contribution in [0.5, 0.6) is 0 Å². The third kappa shape index (κ3) is 2.53. The number of nitrogens with zero attached hydrogens (tertiary/aromatic N) is 1. The number of pyridine rings is 1. The van der Waals surface area contributed by atoms with Crippen molar-refractivity contribution >= 4 is 0 Å². The molecule has 1 aromatic heterocycles. The fourth-order valence-electron chi connectivity index (χ4n) is 1.83. The summed E-state index contributed by atoms with van der Waals surface area (Å²) in [6.45, 7) is 1.84. The molecule has 1 nitrogen and oxygen atoms in total. The summed E-state index contributed by atoms with van der Waals surface area (Å²) in [5.41, 5.74) is 1.50. The van der Waals surface area contributed by atoms with Gasteiger partial charge >= 0.3 is 6.18 Å². The molecule has 0 radical (unpaired) electrons. The van der Waals surface area contributed by atoms with E-state index >= 15 is 0 Å². The Morgan fingerprint density at radius 3 is 2.44 bits per heavy atom. The van der Waals surface area contributed by atoms with E-state index in [1.165, 1.54) is 12.1 Å². The number of aryl methyl sites for hydroxylation is 1. The van der Waals surface area contributed by atoms with E-state index in [9.17, 15) is 13.2 Å². The second-order valence-electron chi connectivity index (χ2n) is 3.94. The highest BCUT2D eigenvalue weighted by molar-refractivity contribution is 5.64. The van der Waals surface area contributed by atoms with Gasteiger partial charge in [0.2, 0.25) is 0 Å². The largest absolute Gasteiger partial charge is 0.416 e. The van der Waals surface area contributed by atoms with Crippen molar-refractivity contribution in [2.45, 2.75) is 19.5 Å². The number of aromatic nitrogens is 1. The van der Waals surface area contributed by atoms with Gasteiger partial charge in [0.05, 0.1) is 11.3 Å². The van der Waals surface area contributed by atoms with Crippen LogP contribution in [0.15, 0.2) is 42.6 Å². The number of alkyl halides is 3. The highest BCUT2D eigenvalue weighted by Crippen LogP contribution is 2.33. The number of benzene rings is 1. The van der Waals surface area contributed by atoms with E-state index in [0.29, 0.717) is 17.7 Å². The lowest BCUT2D eigenvalue weighted by Gasteiger charge is -2.12. The Bertz CT molecular complexity index is 532. The molecule has 0 spiro atoms. The van der Waals surface area contributed by atoms with Crippen LogP contribution in [0.25, 0.3) is 11.3 Å². The lowest BCUT2D eigenvalue weighted by molar-refractivity contribution is -0.137. The van der Waals surface area contributed by atoms with Crippen LogP contribution < -0.4 is 0 Å². The zero-order chi connectivity index (χ0) is 13.2. The second-order valence-corrected chi connectivity index (χ2v) is 3.94. The second kappa shape index (κ2) is 4.80. The molecule has 94 valence electrons. The van der Waals surface area contributed by atoms with E-state index in [1.54, 1.807) is 18.3 Å². The van der Waals surface area contributed by atoms with Crippen molar-refractivity contribution in [3.8, 4) is 11.3 Å². The summed E-state index contributed by atoms with van der Waals surface area (Å²) < 4.78 is 37.9. The van der Waals surface area contributed by atoms with E-state index in [1.807, 2.05) is 13.0 Å². The molecule has 0 N–H and O–H groups in total. The van der Waals surface area contributed by atoms with Gasteiger partial charge in [-0.2, -0.15) is 13.2 Å². The van der Waals surface area contributed by atoms with Gasteiger partial charge in [-0.05, 0) is 36.2 Å². The number of halogens is 3. The molecule has 0 amide bonds. The summed E-state index contributed by atoms with van der Waals surface area (Å²) in [6.07, 6.45) is -2.13. The summed E-state index contributed by atoms with van der Waals surface area (Å²) in [5, 5.41) is 0. The van der Waals surface area contributed by atoms with Crippen LogP contribution in [0.3, 0.4) is 0 Å². The molecule has 0 aliphatic heterocycles. The van der Waals surface area contributed by atoms with Gasteiger partial charge in [0, 0.05) is 11.8 Å². The maximum absolute atomic E-state index is 12.6. The highest BCUT2D eigenvalue weighted by atomic mass is 19.4. The predicted molar refractivity (Wildman–Crippen MR) is 64.1 cm³/mol. The molecule has 0 aliphatic rings. The Kier molecular flexibility index (Phi) is 3.36.